The number of rotatable bonds is 1. The molecule has 0 bridgehead atoms. The Kier molecular flexibility index (Phi) is 2.52. The van der Waals surface area contributed by atoms with Crippen LogP contribution in [0.25, 0.3) is 0 Å². The van der Waals surface area contributed by atoms with Crippen molar-refractivity contribution in [2.45, 2.75) is 31.3 Å². The summed E-state index contributed by atoms with van der Waals surface area (Å²) < 4.78 is 1.74. The highest BCUT2D eigenvalue weighted by Gasteiger charge is 2.38. The van der Waals surface area contributed by atoms with E-state index in [1.807, 2.05) is 31.4 Å². The third-order valence-corrected chi connectivity index (χ3v) is 4.06. The Morgan fingerprint density at radius 2 is 2.17 bits per heavy atom. The molecule has 2 aromatic rings. The molecule has 0 amide bonds. The molecule has 1 aliphatic rings. The van der Waals surface area contributed by atoms with Gasteiger partial charge in [-0.15, -0.1) is 0 Å². The smallest absolute Gasteiger partial charge is 0.118 e. The summed E-state index contributed by atoms with van der Waals surface area (Å²) in [5, 5.41) is 15.3. The molecule has 1 aromatic heterocycles. The van der Waals surface area contributed by atoms with Gasteiger partial charge in [-0.05, 0) is 29.9 Å². The molecule has 2 unspecified atom stereocenters. The number of benzene rings is 1. The van der Waals surface area contributed by atoms with Crippen molar-refractivity contribution in [2.75, 3.05) is 0 Å². The predicted octanol–water partition coefficient (Wildman–Crippen LogP) is 2.55. The SMILES string of the molecule is CC1CCC(O)(c2cnn(C)c2)c2ccccc21. The molecule has 18 heavy (non-hydrogen) atoms. The van der Waals surface area contributed by atoms with Gasteiger partial charge in [-0.25, -0.2) is 0 Å². The molecule has 0 spiro atoms. The molecule has 1 N–H and O–H groups in total. The Bertz CT molecular complexity index is 575. The highest BCUT2D eigenvalue weighted by molar-refractivity contribution is 5.43. The fraction of sp³-hybridized carbons (Fsp3) is 0.400. The number of fused-ring (bicyclic) bond motifs is 1. The zero-order valence-corrected chi connectivity index (χ0v) is 10.8. The zero-order chi connectivity index (χ0) is 12.8. The minimum Gasteiger partial charge on any atom is -0.380 e. The lowest BCUT2D eigenvalue weighted by molar-refractivity contribution is 0.0579. The fourth-order valence-electron chi connectivity index (χ4n) is 2.95. The van der Waals surface area contributed by atoms with Gasteiger partial charge in [0.15, 0.2) is 0 Å². The zero-order valence-electron chi connectivity index (χ0n) is 10.8. The Balaban J connectivity index is 2.17. The first-order valence-electron chi connectivity index (χ1n) is 6.42. The Morgan fingerprint density at radius 3 is 2.89 bits per heavy atom. The molecule has 0 aliphatic heterocycles. The van der Waals surface area contributed by atoms with E-state index < -0.39 is 5.60 Å². The lowest BCUT2D eigenvalue weighted by Crippen LogP contribution is -2.32. The number of hydrogen-bond acceptors (Lipinski definition) is 2. The number of hydrogen-bond donors (Lipinski definition) is 1. The molecule has 1 heterocycles. The minimum absolute atomic E-state index is 0.512. The van der Waals surface area contributed by atoms with Crippen LogP contribution in [0.3, 0.4) is 0 Å². The maximum Gasteiger partial charge on any atom is 0.118 e. The van der Waals surface area contributed by atoms with Gasteiger partial charge >= 0.3 is 0 Å². The highest BCUT2D eigenvalue weighted by Crippen LogP contribution is 2.44. The summed E-state index contributed by atoms with van der Waals surface area (Å²) in [6.07, 6.45) is 5.44. The van der Waals surface area contributed by atoms with Crippen molar-refractivity contribution in [3.05, 3.63) is 53.3 Å². The van der Waals surface area contributed by atoms with E-state index in [0.717, 1.165) is 24.0 Å². The lowest BCUT2D eigenvalue weighted by atomic mass is 9.72. The van der Waals surface area contributed by atoms with Crippen LogP contribution in [0, 0.1) is 0 Å². The Labute approximate surface area is 107 Å². The molecule has 94 valence electrons. The van der Waals surface area contributed by atoms with Crippen LogP contribution in [-0.4, -0.2) is 14.9 Å². The molecule has 3 heteroatoms. The first-order valence-corrected chi connectivity index (χ1v) is 6.42. The van der Waals surface area contributed by atoms with Crippen LogP contribution in [-0.2, 0) is 12.6 Å². The normalized spacial score (nSPS) is 26.9. The monoisotopic (exact) mass is 242 g/mol. The average molecular weight is 242 g/mol. The van der Waals surface area contributed by atoms with Gasteiger partial charge in [0.05, 0.1) is 6.20 Å². The van der Waals surface area contributed by atoms with E-state index in [1.54, 1.807) is 10.9 Å². The first kappa shape index (κ1) is 11.5. The summed E-state index contributed by atoms with van der Waals surface area (Å²) in [7, 11) is 1.88. The first-order chi connectivity index (χ1) is 8.61. The Hall–Kier alpha value is -1.61. The summed E-state index contributed by atoms with van der Waals surface area (Å²) in [4.78, 5) is 0. The topological polar surface area (TPSA) is 38.1 Å². The largest absolute Gasteiger partial charge is 0.380 e. The number of aryl methyl sites for hydroxylation is 1. The molecule has 3 rings (SSSR count). The van der Waals surface area contributed by atoms with Gasteiger partial charge in [0.1, 0.15) is 5.60 Å². The second kappa shape index (κ2) is 3.95. The van der Waals surface area contributed by atoms with Gasteiger partial charge in [-0.1, -0.05) is 31.2 Å². The molecule has 1 aliphatic carbocycles. The Morgan fingerprint density at radius 1 is 1.39 bits per heavy atom. The number of nitrogens with zero attached hydrogens (tertiary/aromatic N) is 2. The second-order valence-electron chi connectivity index (χ2n) is 5.29. The van der Waals surface area contributed by atoms with Crippen molar-refractivity contribution in [1.82, 2.24) is 9.78 Å². The summed E-state index contributed by atoms with van der Waals surface area (Å²) in [6, 6.07) is 8.21. The van der Waals surface area contributed by atoms with Crippen LogP contribution in [0.5, 0.6) is 0 Å². The van der Waals surface area contributed by atoms with E-state index in [4.69, 9.17) is 0 Å². The molecule has 0 fully saturated rings. The van der Waals surface area contributed by atoms with E-state index >= 15 is 0 Å². The van der Waals surface area contributed by atoms with Gasteiger partial charge in [0.2, 0.25) is 0 Å². The van der Waals surface area contributed by atoms with Gasteiger partial charge < -0.3 is 5.11 Å². The minimum atomic E-state index is -0.878. The van der Waals surface area contributed by atoms with Crippen molar-refractivity contribution in [1.29, 1.82) is 0 Å². The van der Waals surface area contributed by atoms with Gasteiger partial charge in [-0.3, -0.25) is 4.68 Å². The molecule has 1 aromatic carbocycles. The lowest BCUT2D eigenvalue weighted by Gasteiger charge is -2.36. The average Bonchev–Trinajstić information content (AvgIpc) is 2.82. The molecule has 2 atom stereocenters. The van der Waals surface area contributed by atoms with Crippen molar-refractivity contribution in [3.63, 3.8) is 0 Å². The van der Waals surface area contributed by atoms with Gasteiger partial charge in [-0.2, -0.15) is 5.10 Å². The predicted molar refractivity (Wildman–Crippen MR) is 70.3 cm³/mol. The molecular formula is C15H18N2O. The van der Waals surface area contributed by atoms with Crippen LogP contribution >= 0.6 is 0 Å². The summed E-state index contributed by atoms with van der Waals surface area (Å²) in [5.41, 5.74) is 2.31. The van der Waals surface area contributed by atoms with E-state index in [1.165, 1.54) is 5.56 Å². The van der Waals surface area contributed by atoms with Crippen LogP contribution < -0.4 is 0 Å². The van der Waals surface area contributed by atoms with Crippen molar-refractivity contribution in [2.24, 2.45) is 7.05 Å². The third-order valence-electron chi connectivity index (χ3n) is 4.06. The van der Waals surface area contributed by atoms with Crippen LogP contribution in [0.4, 0.5) is 0 Å². The van der Waals surface area contributed by atoms with Gasteiger partial charge in [0.25, 0.3) is 0 Å². The maximum absolute atomic E-state index is 11.1. The summed E-state index contributed by atoms with van der Waals surface area (Å²) in [6.45, 7) is 2.22. The third kappa shape index (κ3) is 1.58. The standard InChI is InChI=1S/C15H18N2O/c1-11-7-8-15(18,12-9-16-17(2)10-12)14-6-4-3-5-13(11)14/h3-6,9-11,18H,7-8H2,1-2H3. The molecule has 0 saturated heterocycles. The second-order valence-corrected chi connectivity index (χ2v) is 5.29. The maximum atomic E-state index is 11.1. The quantitative estimate of drug-likeness (QED) is 0.834. The van der Waals surface area contributed by atoms with Gasteiger partial charge in [0, 0.05) is 18.8 Å². The van der Waals surface area contributed by atoms with Crippen LogP contribution in [0.2, 0.25) is 0 Å². The van der Waals surface area contributed by atoms with Crippen molar-refractivity contribution >= 4 is 0 Å². The van der Waals surface area contributed by atoms with E-state index in [9.17, 15) is 5.11 Å². The molecular weight excluding hydrogens is 224 g/mol. The number of aliphatic hydroxyl groups is 1. The molecule has 0 radical (unpaired) electrons. The van der Waals surface area contributed by atoms with E-state index in [-0.39, 0.29) is 0 Å². The summed E-state index contributed by atoms with van der Waals surface area (Å²) >= 11 is 0. The van der Waals surface area contributed by atoms with Crippen molar-refractivity contribution in [3.8, 4) is 0 Å². The summed E-state index contributed by atoms with van der Waals surface area (Å²) in [5.74, 6) is 0.512. The van der Waals surface area contributed by atoms with Crippen LogP contribution in [0.15, 0.2) is 36.7 Å². The molecule has 0 saturated carbocycles. The number of aromatic nitrogens is 2. The van der Waals surface area contributed by atoms with Crippen LogP contribution in [0.1, 0.15) is 42.4 Å². The van der Waals surface area contributed by atoms with E-state index in [0.29, 0.717) is 5.92 Å². The fourth-order valence-corrected chi connectivity index (χ4v) is 2.95. The van der Waals surface area contributed by atoms with Crippen molar-refractivity contribution < 1.29 is 5.11 Å². The highest BCUT2D eigenvalue weighted by atomic mass is 16.3. The molecule has 3 nitrogen and oxygen atoms in total. The van der Waals surface area contributed by atoms with E-state index in [2.05, 4.69) is 18.1 Å².